The summed E-state index contributed by atoms with van der Waals surface area (Å²) in [5, 5.41) is 6.99. The summed E-state index contributed by atoms with van der Waals surface area (Å²) >= 11 is 0. The van der Waals surface area contributed by atoms with Crippen LogP contribution in [0.1, 0.15) is 91.0 Å². The SMILES string of the molecule is CC(C)(C)OC(=O)NC(CC(=O)OCc1ccccc1)C(=O)N[C@@H](Cc1ccccc1)C(=O)N[C@@H](Cc1ccccc1)C(=O)O[Si](OCCc1ccccc1)(C(C)(C)C)C(C)(C)C. The second kappa shape index (κ2) is 22.5. The lowest BCUT2D eigenvalue weighted by atomic mass is 10.0. The number of carbonyl (C=O) groups is 5. The van der Waals surface area contributed by atoms with Crippen LogP contribution in [0.5, 0.6) is 0 Å². The molecule has 0 aromatic heterocycles. The molecule has 0 saturated carbocycles. The van der Waals surface area contributed by atoms with E-state index >= 15 is 0 Å². The molecule has 0 aliphatic carbocycles. The van der Waals surface area contributed by atoms with Crippen LogP contribution in [0.25, 0.3) is 0 Å². The van der Waals surface area contributed by atoms with Crippen molar-refractivity contribution in [1.82, 2.24) is 16.0 Å². The number of carbonyl (C=O) groups excluding carboxylic acids is 5. The molecule has 0 aliphatic heterocycles. The van der Waals surface area contributed by atoms with E-state index in [1.165, 1.54) is 0 Å². The van der Waals surface area contributed by atoms with Crippen LogP contribution in [-0.4, -0.2) is 68.7 Å². The first-order valence-corrected chi connectivity index (χ1v) is 23.3. The van der Waals surface area contributed by atoms with Gasteiger partial charge < -0.3 is 34.3 Å². The molecule has 0 aliphatic rings. The molecule has 0 heterocycles. The summed E-state index contributed by atoms with van der Waals surface area (Å²) in [5.41, 5.74) is 2.38. The van der Waals surface area contributed by atoms with Crippen LogP contribution in [0, 0.1) is 0 Å². The highest BCUT2D eigenvalue weighted by atomic mass is 28.4. The Hall–Kier alpha value is -5.79. The van der Waals surface area contributed by atoms with Crippen molar-refractivity contribution in [3.8, 4) is 0 Å². The molecule has 3 atom stereocenters. The van der Waals surface area contributed by atoms with Gasteiger partial charge in [0.15, 0.2) is 0 Å². The Morgan fingerprint density at radius 2 is 0.968 bits per heavy atom. The van der Waals surface area contributed by atoms with E-state index in [-0.39, 0.29) is 19.4 Å². The van der Waals surface area contributed by atoms with E-state index in [2.05, 4.69) is 16.0 Å². The Balaban J connectivity index is 1.66. The number of esters is 1. The Morgan fingerprint density at radius 3 is 1.44 bits per heavy atom. The number of hydrogen-bond acceptors (Lipinski definition) is 9. The van der Waals surface area contributed by atoms with Gasteiger partial charge in [-0.2, -0.15) is 0 Å². The van der Waals surface area contributed by atoms with Gasteiger partial charge in [-0.25, -0.2) is 4.79 Å². The Kier molecular flexibility index (Phi) is 17.8. The van der Waals surface area contributed by atoms with E-state index in [1.54, 1.807) is 69.3 Å². The second-order valence-corrected chi connectivity index (χ2v) is 23.4. The highest BCUT2D eigenvalue weighted by Crippen LogP contribution is 2.52. The highest BCUT2D eigenvalue weighted by Gasteiger charge is 2.61. The fourth-order valence-electron chi connectivity index (χ4n) is 7.33. The van der Waals surface area contributed by atoms with Crippen molar-refractivity contribution >= 4 is 38.4 Å². The maximum absolute atomic E-state index is 14.8. The van der Waals surface area contributed by atoms with Crippen molar-refractivity contribution in [3.63, 3.8) is 0 Å². The first-order valence-electron chi connectivity index (χ1n) is 21.4. The third kappa shape index (κ3) is 15.8. The number of amides is 3. The van der Waals surface area contributed by atoms with Crippen LogP contribution in [0.3, 0.4) is 0 Å². The van der Waals surface area contributed by atoms with Gasteiger partial charge in [0.05, 0.1) is 6.42 Å². The minimum Gasteiger partial charge on any atom is -0.492 e. The predicted octanol–water partition coefficient (Wildman–Crippen LogP) is 8.31. The predicted molar refractivity (Wildman–Crippen MR) is 246 cm³/mol. The summed E-state index contributed by atoms with van der Waals surface area (Å²) in [5.74, 6) is -2.95. The number of alkyl carbamates (subject to hydrolysis) is 1. The fraction of sp³-hybridized carbons (Fsp3) is 0.420. The van der Waals surface area contributed by atoms with Crippen molar-refractivity contribution in [2.45, 2.75) is 128 Å². The summed E-state index contributed by atoms with van der Waals surface area (Å²) in [6.45, 7) is 17.3. The van der Waals surface area contributed by atoms with Gasteiger partial charge >= 0.3 is 26.6 Å². The van der Waals surface area contributed by atoms with E-state index in [0.717, 1.165) is 16.7 Å². The molecule has 0 saturated heterocycles. The molecule has 0 spiro atoms. The van der Waals surface area contributed by atoms with Crippen LogP contribution < -0.4 is 16.0 Å². The normalized spacial score (nSPS) is 13.4. The van der Waals surface area contributed by atoms with Gasteiger partial charge in [-0.15, -0.1) is 0 Å². The summed E-state index contributed by atoms with van der Waals surface area (Å²) in [6.07, 6.45) is -0.801. The van der Waals surface area contributed by atoms with Crippen LogP contribution in [0.2, 0.25) is 10.1 Å². The van der Waals surface area contributed by atoms with Crippen molar-refractivity contribution in [2.24, 2.45) is 0 Å². The standard InChI is InChI=1S/C50H65N3O9Si/c1-48(2,3)61-47(58)53-41(34-43(54)59-35-39-28-20-13-21-29-39)45(56)51-40(32-37-24-16-11-17-25-37)44(55)52-42(33-38-26-18-12-19-27-38)46(57)62-63(49(4,5)6,50(7,8)9)60-31-30-36-22-14-10-15-23-36/h10-29,40-42H,30-35H2,1-9H3,(H,51,56)(H,52,55)(H,53,58)/t40-,41?,42-/m0/s1. The quantitative estimate of drug-likeness (QED) is 0.0623. The summed E-state index contributed by atoms with van der Waals surface area (Å²) in [4.78, 5) is 69.8. The molecule has 0 radical (unpaired) electrons. The number of ether oxygens (including phenoxy) is 2. The average Bonchev–Trinajstić information content (AvgIpc) is 3.21. The van der Waals surface area contributed by atoms with Gasteiger partial charge in [0.25, 0.3) is 0 Å². The van der Waals surface area contributed by atoms with Gasteiger partial charge in [0.2, 0.25) is 11.8 Å². The molecule has 63 heavy (non-hydrogen) atoms. The molecule has 1 unspecified atom stereocenters. The van der Waals surface area contributed by atoms with Gasteiger partial charge in [-0.3, -0.25) is 19.2 Å². The molecule has 12 nitrogen and oxygen atoms in total. The summed E-state index contributed by atoms with van der Waals surface area (Å²) in [7, 11) is -3.52. The Labute approximate surface area is 374 Å². The molecular weight excluding hydrogens is 815 g/mol. The number of nitrogens with one attached hydrogen (secondary N) is 3. The first-order chi connectivity index (χ1) is 29.7. The third-order valence-electron chi connectivity index (χ3n) is 10.2. The molecule has 4 aromatic rings. The van der Waals surface area contributed by atoms with Gasteiger partial charge in [0.1, 0.15) is 30.3 Å². The average molecular weight is 880 g/mol. The monoisotopic (exact) mass is 879 g/mol. The van der Waals surface area contributed by atoms with Gasteiger partial charge in [-0.1, -0.05) is 163 Å². The third-order valence-corrected chi connectivity index (χ3v) is 15.2. The van der Waals surface area contributed by atoms with Crippen LogP contribution >= 0.6 is 0 Å². The fourth-order valence-corrected chi connectivity index (χ4v) is 11.9. The molecule has 3 N–H and O–H groups in total. The van der Waals surface area contributed by atoms with Crippen molar-refractivity contribution in [1.29, 1.82) is 0 Å². The van der Waals surface area contributed by atoms with E-state index in [0.29, 0.717) is 18.6 Å². The van der Waals surface area contributed by atoms with E-state index in [9.17, 15) is 24.0 Å². The number of hydrogen-bond donors (Lipinski definition) is 3. The van der Waals surface area contributed by atoms with Crippen molar-refractivity contribution < 1.29 is 42.3 Å². The molecule has 0 bridgehead atoms. The topological polar surface area (TPSA) is 158 Å². The van der Waals surface area contributed by atoms with Crippen molar-refractivity contribution in [2.75, 3.05) is 6.61 Å². The zero-order chi connectivity index (χ0) is 46.3. The van der Waals surface area contributed by atoms with Crippen LogP contribution in [0.15, 0.2) is 121 Å². The van der Waals surface area contributed by atoms with E-state index < -0.39 is 78.6 Å². The van der Waals surface area contributed by atoms with Crippen LogP contribution in [0.4, 0.5) is 4.79 Å². The highest BCUT2D eigenvalue weighted by molar-refractivity contribution is 6.74. The zero-order valence-electron chi connectivity index (χ0n) is 38.2. The molecule has 4 aromatic carbocycles. The van der Waals surface area contributed by atoms with E-state index in [4.69, 9.17) is 18.3 Å². The number of benzene rings is 4. The van der Waals surface area contributed by atoms with Crippen molar-refractivity contribution in [3.05, 3.63) is 144 Å². The molecule has 13 heteroatoms. The summed E-state index contributed by atoms with van der Waals surface area (Å²) < 4.78 is 24.4. The maximum atomic E-state index is 14.8. The Bertz CT molecular complexity index is 2070. The molecule has 0 fully saturated rings. The minimum atomic E-state index is -3.52. The number of rotatable bonds is 19. The molecule has 338 valence electrons. The van der Waals surface area contributed by atoms with Gasteiger partial charge in [-0.05, 0) is 49.4 Å². The molecular formula is C50H65N3O9Si. The second-order valence-electron chi connectivity index (χ2n) is 18.7. The lowest BCUT2D eigenvalue weighted by molar-refractivity contribution is -0.147. The van der Waals surface area contributed by atoms with E-state index in [1.807, 2.05) is 114 Å². The maximum Gasteiger partial charge on any atom is 0.412 e. The molecule has 4 rings (SSSR count). The first kappa shape index (κ1) is 49.9. The minimum absolute atomic E-state index is 0.00833. The Morgan fingerprint density at radius 1 is 0.540 bits per heavy atom. The smallest absolute Gasteiger partial charge is 0.412 e. The molecule has 3 amide bonds. The van der Waals surface area contributed by atoms with Crippen LogP contribution in [-0.2, 0) is 63.4 Å². The lowest BCUT2D eigenvalue weighted by Crippen LogP contribution is -2.62. The van der Waals surface area contributed by atoms with Gasteiger partial charge in [0, 0.05) is 29.5 Å². The summed E-state index contributed by atoms with van der Waals surface area (Å²) in [6, 6.07) is 33.3. The largest absolute Gasteiger partial charge is 0.492 e. The zero-order valence-corrected chi connectivity index (χ0v) is 39.2. The lowest BCUT2D eigenvalue weighted by Gasteiger charge is -2.48.